The van der Waals surface area contributed by atoms with Crippen LogP contribution in [-0.2, 0) is 38.0 Å². The van der Waals surface area contributed by atoms with Crippen LogP contribution < -0.4 is 24.8 Å². The summed E-state index contributed by atoms with van der Waals surface area (Å²) >= 11 is 0. The van der Waals surface area contributed by atoms with Gasteiger partial charge in [0.05, 0.1) is 0 Å². The molecule has 0 bridgehead atoms. The van der Waals surface area contributed by atoms with Crippen LogP contribution in [-0.4, -0.2) is 0 Å². The van der Waals surface area contributed by atoms with Gasteiger partial charge in [-0.2, -0.15) is 57.6 Å². The minimum absolute atomic E-state index is 0. The number of fused-ring (bicyclic) bond motifs is 3. The molecule has 0 saturated heterocycles. The summed E-state index contributed by atoms with van der Waals surface area (Å²) in [6, 6.07) is 16.5. The predicted octanol–water partition coefficient (Wildman–Crippen LogP) is 1.31. The molecule has 0 fully saturated rings. The molecular weight excluding hydrogens is 486 g/mol. The fourth-order valence-electron chi connectivity index (χ4n) is 3.94. The van der Waals surface area contributed by atoms with Gasteiger partial charge < -0.3 is 24.8 Å². The van der Waals surface area contributed by atoms with Crippen molar-refractivity contribution in [3.05, 3.63) is 87.0 Å². The topological polar surface area (TPSA) is 0 Å². The van der Waals surface area contributed by atoms with Gasteiger partial charge in [-0.1, -0.05) is 79.2 Å². The molecule has 1 aliphatic carbocycles. The molecule has 1 aliphatic rings. The first-order valence-electron chi connectivity index (χ1n) is 9.94. The van der Waals surface area contributed by atoms with Crippen LogP contribution >= 0.6 is 0 Å². The molecule has 0 aromatic heterocycles. The van der Waals surface area contributed by atoms with E-state index in [1.54, 1.807) is 0 Å². The van der Waals surface area contributed by atoms with Crippen LogP contribution in [0.15, 0.2) is 36.4 Å². The number of hydrogen-bond donors (Lipinski definition) is 0. The summed E-state index contributed by atoms with van der Waals surface area (Å²) in [6.45, 7) is 17.8. The number of halogens is 2. The summed E-state index contributed by atoms with van der Waals surface area (Å²) in [5.74, 6) is 0. The van der Waals surface area contributed by atoms with Gasteiger partial charge in [0.25, 0.3) is 0 Å². The van der Waals surface area contributed by atoms with Crippen molar-refractivity contribution >= 4 is 0 Å². The van der Waals surface area contributed by atoms with E-state index >= 15 is 0 Å². The fourth-order valence-corrected chi connectivity index (χ4v) is 3.94. The summed E-state index contributed by atoms with van der Waals surface area (Å²) in [5, 5.41) is 0. The quantitative estimate of drug-likeness (QED) is 0.308. The van der Waals surface area contributed by atoms with E-state index in [4.69, 9.17) is 0 Å². The molecule has 0 unspecified atom stereocenters. The molecule has 0 atom stereocenters. The van der Waals surface area contributed by atoms with Crippen LogP contribution in [0.1, 0.15) is 65.3 Å². The Kier molecular flexibility index (Phi) is 10.9. The molecule has 3 aromatic rings. The number of hydrogen-bond acceptors (Lipinski definition) is 0. The van der Waals surface area contributed by atoms with Gasteiger partial charge in [0, 0.05) is 0 Å². The van der Waals surface area contributed by atoms with Crippen molar-refractivity contribution in [2.45, 2.75) is 67.2 Å². The first-order chi connectivity index (χ1) is 12.6. The van der Waals surface area contributed by atoms with Crippen LogP contribution in [0.3, 0.4) is 0 Å². The molecule has 0 saturated carbocycles. The Morgan fingerprint density at radius 1 is 0.867 bits per heavy atom. The van der Waals surface area contributed by atoms with Crippen LogP contribution in [0, 0.1) is 40.7 Å². The Bertz CT molecular complexity index is 911. The van der Waals surface area contributed by atoms with E-state index < -0.39 is 0 Å². The van der Waals surface area contributed by atoms with Crippen molar-refractivity contribution < 1.29 is 51.0 Å². The summed E-state index contributed by atoms with van der Waals surface area (Å²) in [6.07, 6.45) is 1.04. The first kappa shape index (κ1) is 29.3. The average Bonchev–Trinajstić information content (AvgIpc) is 3.09. The van der Waals surface area contributed by atoms with Gasteiger partial charge in [0.15, 0.2) is 0 Å². The summed E-state index contributed by atoms with van der Waals surface area (Å²) in [4.78, 5) is 0. The van der Waals surface area contributed by atoms with Crippen LogP contribution in [0.2, 0.25) is 0 Å². The molecule has 0 heterocycles. The Morgan fingerprint density at radius 3 is 1.90 bits per heavy atom. The second kappa shape index (κ2) is 11.2. The summed E-state index contributed by atoms with van der Waals surface area (Å²) in [7, 11) is 0. The van der Waals surface area contributed by atoms with E-state index in [-0.39, 0.29) is 56.4 Å². The van der Waals surface area contributed by atoms with Crippen molar-refractivity contribution in [1.29, 1.82) is 0 Å². The Labute approximate surface area is 215 Å². The van der Waals surface area contributed by atoms with E-state index in [1.807, 2.05) is 6.07 Å². The smallest absolute Gasteiger partial charge is 1.00 e. The molecule has 3 aromatic carbocycles. The van der Waals surface area contributed by atoms with E-state index in [0.717, 1.165) is 6.42 Å². The van der Waals surface area contributed by atoms with Gasteiger partial charge in [-0.15, -0.1) is 5.56 Å². The molecule has 0 radical (unpaired) electrons. The second-order valence-electron chi connectivity index (χ2n) is 8.99. The van der Waals surface area contributed by atoms with Gasteiger partial charge >= 0.3 is 26.2 Å². The van der Waals surface area contributed by atoms with E-state index in [1.165, 1.54) is 55.6 Å². The Hall–Kier alpha value is -0.747. The normalized spacial score (nSPS) is 11.1. The molecule has 0 nitrogen and oxygen atoms in total. The van der Waals surface area contributed by atoms with E-state index in [2.05, 4.69) is 91.8 Å². The van der Waals surface area contributed by atoms with Crippen LogP contribution in [0.25, 0.3) is 11.1 Å². The molecule has 158 valence electrons. The Morgan fingerprint density at radius 2 is 1.43 bits per heavy atom. The monoisotopic (exact) mass is 516 g/mol. The molecule has 0 N–H and O–H groups in total. The average molecular weight is 519 g/mol. The van der Waals surface area contributed by atoms with Gasteiger partial charge in [0.2, 0.25) is 0 Å². The first-order valence-corrected chi connectivity index (χ1v) is 9.94. The fraction of sp³-hybridized carbons (Fsp3) is 0.370. The van der Waals surface area contributed by atoms with Crippen LogP contribution in [0.4, 0.5) is 0 Å². The standard InChI is InChI=1S/C17H17.C10H15.2ClH.Zr/c1-17(2,3)14-8-9-16-13(11-14)10-12-6-4-5-7-15(12)16;1-6-7(2)9(4)10(5)8(6)3;;;/h4-5,7-9,11H,10H2,1-3H3;1-5H3;2*1H;/q2*-1;;;+4/p-2. The SMILES string of the molecule is CC(C)(C)c1ccc2c(c1)Cc1[c-]cccc1-2.Cc1c(C)c(C)[c-](C)c1C.[Cl-].[Cl-].[Zr+4]. The van der Waals surface area contributed by atoms with Crippen molar-refractivity contribution in [3.8, 4) is 11.1 Å². The minimum Gasteiger partial charge on any atom is -1.00 e. The molecule has 0 spiro atoms. The van der Waals surface area contributed by atoms with Crippen LogP contribution in [0.5, 0.6) is 0 Å². The molecule has 0 aliphatic heterocycles. The third kappa shape index (κ3) is 5.73. The summed E-state index contributed by atoms with van der Waals surface area (Å²) < 4.78 is 0. The van der Waals surface area contributed by atoms with E-state index in [9.17, 15) is 0 Å². The van der Waals surface area contributed by atoms with Crippen molar-refractivity contribution in [1.82, 2.24) is 0 Å². The zero-order valence-electron chi connectivity index (χ0n) is 19.4. The third-order valence-corrected chi connectivity index (χ3v) is 6.38. The molecule has 3 heteroatoms. The van der Waals surface area contributed by atoms with E-state index in [0.29, 0.717) is 0 Å². The predicted molar refractivity (Wildman–Crippen MR) is 118 cm³/mol. The third-order valence-electron chi connectivity index (χ3n) is 6.38. The van der Waals surface area contributed by atoms with Crippen molar-refractivity contribution in [2.75, 3.05) is 0 Å². The Balaban J connectivity index is 0.000000569. The van der Waals surface area contributed by atoms with Crippen molar-refractivity contribution in [2.24, 2.45) is 0 Å². The maximum Gasteiger partial charge on any atom is 4.00 e. The van der Waals surface area contributed by atoms with Gasteiger partial charge in [0.1, 0.15) is 0 Å². The van der Waals surface area contributed by atoms with Crippen molar-refractivity contribution in [3.63, 3.8) is 0 Å². The number of benzene rings is 2. The number of rotatable bonds is 0. The minimum atomic E-state index is 0. The second-order valence-corrected chi connectivity index (χ2v) is 8.99. The summed E-state index contributed by atoms with van der Waals surface area (Å²) in [5.41, 5.74) is 14.5. The molecule has 4 rings (SSSR count). The molecular formula is C27H32Cl2Zr. The van der Waals surface area contributed by atoms with Gasteiger partial charge in [-0.3, -0.25) is 0 Å². The zero-order valence-corrected chi connectivity index (χ0v) is 23.4. The van der Waals surface area contributed by atoms with Gasteiger partial charge in [-0.05, 0) is 23.0 Å². The van der Waals surface area contributed by atoms with Gasteiger partial charge in [-0.25, -0.2) is 0 Å². The largest absolute Gasteiger partial charge is 4.00 e. The molecule has 30 heavy (non-hydrogen) atoms. The molecule has 0 amide bonds. The zero-order chi connectivity index (χ0) is 19.9. The maximum atomic E-state index is 3.35. The maximum absolute atomic E-state index is 3.35.